The number of carbonyl (C=O) groups excluding carboxylic acids is 2. The second kappa shape index (κ2) is 11.0. The Morgan fingerprint density at radius 1 is 1.05 bits per heavy atom. The number of fused-ring (bicyclic) bond motifs is 1. The number of rotatable bonds is 9. The lowest BCUT2D eigenvalue weighted by Gasteiger charge is -2.24. The van der Waals surface area contributed by atoms with Crippen LogP contribution in [0.25, 0.3) is 11.3 Å². The van der Waals surface area contributed by atoms with Crippen LogP contribution < -0.4 is 14.9 Å². The maximum Gasteiger partial charge on any atom is 0.337 e. The number of nitrogens with one attached hydrogen (secondary N) is 2. The van der Waals surface area contributed by atoms with Crippen molar-refractivity contribution in [2.45, 2.75) is 0 Å². The van der Waals surface area contributed by atoms with Crippen molar-refractivity contribution >= 4 is 50.2 Å². The molecule has 4 rings (SSSR count). The predicted molar refractivity (Wildman–Crippen MR) is 148 cm³/mol. The van der Waals surface area contributed by atoms with Gasteiger partial charge >= 0.3 is 5.97 Å². The second-order valence-corrected chi connectivity index (χ2v) is 10.9. The third kappa shape index (κ3) is 5.84. The lowest BCUT2D eigenvalue weighted by molar-refractivity contribution is -0.110. The van der Waals surface area contributed by atoms with Crippen LogP contribution in [-0.2, 0) is 19.6 Å². The van der Waals surface area contributed by atoms with Crippen LogP contribution in [0.4, 0.5) is 17.1 Å². The van der Waals surface area contributed by atoms with E-state index in [0.717, 1.165) is 0 Å². The normalized spacial score (nSPS) is 14.1. The molecule has 2 aromatic carbocycles. The summed E-state index contributed by atoms with van der Waals surface area (Å²) in [6.07, 6.45) is 4.46. The first-order valence-corrected chi connectivity index (χ1v) is 13.6. The molecule has 0 fully saturated rings. The molecule has 0 unspecified atom stereocenters. The number of hydrogen-bond donors (Lipinski definition) is 2. The van der Waals surface area contributed by atoms with Gasteiger partial charge in [-0.3, -0.25) is 14.1 Å². The summed E-state index contributed by atoms with van der Waals surface area (Å²) in [5.74, 6) is -0.837. The number of methoxy groups -OCH3 is 1. The number of ether oxygens (including phenoxy) is 1. The molecule has 0 aliphatic carbocycles. The molecule has 2 heterocycles. The average Bonchev–Trinajstić information content (AvgIpc) is 3.21. The first kappa shape index (κ1) is 26.8. The number of sulfonamides is 1. The smallest absolute Gasteiger partial charge is 0.337 e. The Balaban J connectivity index is 1.73. The molecule has 0 bridgehead atoms. The van der Waals surface area contributed by atoms with E-state index in [9.17, 15) is 18.0 Å². The van der Waals surface area contributed by atoms with Gasteiger partial charge in [0.05, 0.1) is 41.6 Å². The lowest BCUT2D eigenvalue weighted by Crippen LogP contribution is -2.35. The van der Waals surface area contributed by atoms with Crippen molar-refractivity contribution in [3.05, 3.63) is 83.7 Å². The molecule has 1 amide bonds. The molecule has 0 radical (unpaired) electrons. The van der Waals surface area contributed by atoms with Gasteiger partial charge in [0.15, 0.2) is 0 Å². The fourth-order valence-corrected chi connectivity index (χ4v) is 5.01. The van der Waals surface area contributed by atoms with E-state index in [1.54, 1.807) is 60.9 Å². The number of aromatic nitrogens is 1. The number of nitrogens with zero attached hydrogens (tertiary/aromatic N) is 3. The Morgan fingerprint density at radius 3 is 2.39 bits per heavy atom. The highest BCUT2D eigenvalue weighted by atomic mass is 32.2. The summed E-state index contributed by atoms with van der Waals surface area (Å²) in [7, 11) is 1.59. The van der Waals surface area contributed by atoms with E-state index in [0.29, 0.717) is 58.1 Å². The van der Waals surface area contributed by atoms with Crippen LogP contribution in [-0.4, -0.2) is 70.7 Å². The zero-order valence-electron chi connectivity index (χ0n) is 21.6. The van der Waals surface area contributed by atoms with Gasteiger partial charge in [0.2, 0.25) is 10.0 Å². The van der Waals surface area contributed by atoms with Crippen LogP contribution >= 0.6 is 0 Å². The van der Waals surface area contributed by atoms with Gasteiger partial charge in [0.1, 0.15) is 0 Å². The van der Waals surface area contributed by atoms with E-state index >= 15 is 0 Å². The second-order valence-electron chi connectivity index (χ2n) is 9.01. The summed E-state index contributed by atoms with van der Waals surface area (Å²) in [5, 5.41) is 6.15. The quantitative estimate of drug-likeness (QED) is 0.317. The van der Waals surface area contributed by atoms with E-state index in [1.807, 2.05) is 25.1 Å². The summed E-state index contributed by atoms with van der Waals surface area (Å²) in [4.78, 5) is 31.2. The zero-order valence-corrected chi connectivity index (χ0v) is 22.4. The molecule has 0 spiro atoms. The summed E-state index contributed by atoms with van der Waals surface area (Å²) >= 11 is 0. The van der Waals surface area contributed by atoms with Crippen molar-refractivity contribution < 1.29 is 22.7 Å². The van der Waals surface area contributed by atoms with Crippen molar-refractivity contribution in [3.8, 4) is 0 Å². The number of carbonyl (C=O) groups is 2. The van der Waals surface area contributed by atoms with Crippen molar-refractivity contribution in [2.75, 3.05) is 55.5 Å². The van der Waals surface area contributed by atoms with E-state index in [2.05, 4.69) is 15.6 Å². The van der Waals surface area contributed by atoms with E-state index in [1.165, 1.54) is 17.7 Å². The van der Waals surface area contributed by atoms with Gasteiger partial charge < -0.3 is 20.3 Å². The molecule has 0 saturated heterocycles. The maximum atomic E-state index is 13.1. The fourth-order valence-electron chi connectivity index (χ4n) is 4.09. The Labute approximate surface area is 222 Å². The van der Waals surface area contributed by atoms with Gasteiger partial charge in [-0.05, 0) is 62.6 Å². The van der Waals surface area contributed by atoms with Gasteiger partial charge in [-0.1, -0.05) is 6.07 Å². The van der Waals surface area contributed by atoms with Crippen molar-refractivity contribution in [3.63, 3.8) is 0 Å². The molecule has 0 atom stereocenters. The van der Waals surface area contributed by atoms with Gasteiger partial charge in [-0.25, -0.2) is 13.2 Å². The summed E-state index contributed by atoms with van der Waals surface area (Å²) < 4.78 is 31.0. The molecule has 38 heavy (non-hydrogen) atoms. The molecule has 1 aliphatic rings. The molecule has 2 N–H and O–H groups in total. The van der Waals surface area contributed by atoms with Crippen LogP contribution in [0.5, 0.6) is 0 Å². The van der Waals surface area contributed by atoms with Gasteiger partial charge in [-0.2, -0.15) is 0 Å². The highest BCUT2D eigenvalue weighted by Crippen LogP contribution is 2.38. The summed E-state index contributed by atoms with van der Waals surface area (Å²) in [5.41, 5.74) is 4.20. The number of anilines is 3. The highest BCUT2D eigenvalue weighted by Gasteiger charge is 2.29. The SMILES string of the molecule is COC(=O)c1ccc2c(c1)NC(=O)/C2=C(\Nc1ccc(N(CCN(C)C)S(C)(=O)=O)cc1)c1cccnc1. The minimum Gasteiger partial charge on any atom is -0.465 e. The number of esters is 1. The van der Waals surface area contributed by atoms with Crippen LogP contribution in [0, 0.1) is 0 Å². The topological polar surface area (TPSA) is 121 Å². The summed E-state index contributed by atoms with van der Waals surface area (Å²) in [6, 6.07) is 15.4. The Morgan fingerprint density at radius 2 is 1.79 bits per heavy atom. The van der Waals surface area contributed by atoms with Crippen LogP contribution in [0.3, 0.4) is 0 Å². The molecular weight excluding hydrogens is 506 g/mol. The Bertz CT molecular complexity index is 1490. The molecule has 11 heteroatoms. The molecule has 3 aromatic rings. The molecule has 1 aromatic heterocycles. The molecule has 198 valence electrons. The Kier molecular flexibility index (Phi) is 7.79. The monoisotopic (exact) mass is 535 g/mol. The lowest BCUT2D eigenvalue weighted by atomic mass is 9.99. The van der Waals surface area contributed by atoms with Gasteiger partial charge in [0, 0.05) is 42.3 Å². The largest absolute Gasteiger partial charge is 0.465 e. The van der Waals surface area contributed by atoms with Gasteiger partial charge in [-0.15, -0.1) is 0 Å². The van der Waals surface area contributed by atoms with E-state index < -0.39 is 16.0 Å². The van der Waals surface area contributed by atoms with Gasteiger partial charge in [0.25, 0.3) is 5.91 Å². The zero-order chi connectivity index (χ0) is 27.4. The van der Waals surface area contributed by atoms with Crippen molar-refractivity contribution in [1.82, 2.24) is 9.88 Å². The number of hydrogen-bond acceptors (Lipinski definition) is 8. The average molecular weight is 536 g/mol. The minimum absolute atomic E-state index is 0.314. The minimum atomic E-state index is -3.48. The van der Waals surface area contributed by atoms with Crippen LogP contribution in [0.15, 0.2) is 67.0 Å². The van der Waals surface area contributed by atoms with Crippen molar-refractivity contribution in [2.24, 2.45) is 0 Å². The highest BCUT2D eigenvalue weighted by molar-refractivity contribution is 7.92. The fraction of sp³-hybridized carbons (Fsp3) is 0.222. The molecule has 1 aliphatic heterocycles. The number of pyridine rings is 1. The predicted octanol–water partition coefficient (Wildman–Crippen LogP) is 3.13. The first-order valence-electron chi connectivity index (χ1n) is 11.8. The number of amides is 1. The Hall–Kier alpha value is -4.22. The van der Waals surface area contributed by atoms with Crippen molar-refractivity contribution in [1.29, 1.82) is 0 Å². The maximum absolute atomic E-state index is 13.1. The molecule has 10 nitrogen and oxygen atoms in total. The van der Waals surface area contributed by atoms with E-state index in [-0.39, 0.29) is 5.91 Å². The van der Waals surface area contributed by atoms with Crippen LogP contribution in [0.1, 0.15) is 21.5 Å². The molecular formula is C27H29N5O5S. The van der Waals surface area contributed by atoms with Crippen LogP contribution in [0.2, 0.25) is 0 Å². The van der Waals surface area contributed by atoms with E-state index in [4.69, 9.17) is 4.74 Å². The molecule has 0 saturated carbocycles. The number of benzene rings is 2. The standard InChI is InChI=1S/C27H29N5O5S/c1-31(2)14-15-32(38(4,35)36)21-10-8-20(9-11-21)29-25(19-6-5-13-28-17-19)24-22-12-7-18(27(34)37-3)16-23(22)30-26(24)33/h5-13,16-17,29H,14-15H2,1-4H3,(H,30,33)/b25-24-. The third-order valence-corrected chi connectivity index (χ3v) is 7.15. The number of likely N-dealkylation sites (N-methyl/N-ethyl adjacent to an activating group) is 1. The third-order valence-electron chi connectivity index (χ3n) is 5.96. The summed E-state index contributed by atoms with van der Waals surface area (Å²) in [6.45, 7) is 0.880. The first-order chi connectivity index (χ1) is 18.1.